The van der Waals surface area contributed by atoms with Gasteiger partial charge in [-0.05, 0) is 12.0 Å². The van der Waals surface area contributed by atoms with Crippen LogP contribution in [-0.2, 0) is 0 Å². The molecule has 0 amide bonds. The first-order chi connectivity index (χ1) is 4.84. The monoisotopic (exact) mass is 135 g/mol. The fraction of sp³-hybridized carbons (Fsp3) is 0.222. The lowest BCUT2D eigenvalue weighted by atomic mass is 10.1. The predicted molar refractivity (Wildman–Crippen MR) is 42.3 cm³/mol. The van der Waals surface area contributed by atoms with E-state index in [1.165, 1.54) is 0 Å². The zero-order valence-electron chi connectivity index (χ0n) is 5.83. The molecule has 0 fully saturated rings. The normalized spacial score (nSPS) is 18.7. The lowest BCUT2D eigenvalue weighted by molar-refractivity contribution is 0.218. The number of aliphatic hydroxyl groups is 1. The maximum absolute atomic E-state index is 9.34. The average Bonchev–Trinajstić information content (AvgIpc) is 2.38. The summed E-state index contributed by atoms with van der Waals surface area (Å²) in [6.07, 6.45) is 9.64. The van der Waals surface area contributed by atoms with E-state index >= 15 is 0 Å². The van der Waals surface area contributed by atoms with Gasteiger partial charge in [-0.3, -0.25) is 0 Å². The van der Waals surface area contributed by atoms with Crippen molar-refractivity contribution >= 4 is 0 Å². The molecule has 1 unspecified atom stereocenters. The van der Waals surface area contributed by atoms with Crippen LogP contribution in [-0.4, -0.2) is 11.2 Å². The summed E-state index contributed by atoms with van der Waals surface area (Å²) in [6.45, 7) is 3.55. The van der Waals surface area contributed by atoms with Crippen molar-refractivity contribution in [1.82, 2.24) is 0 Å². The molecule has 0 aromatic carbocycles. The fourth-order valence-electron chi connectivity index (χ4n) is 0.905. The molecule has 1 heteroatoms. The molecule has 1 aliphatic rings. The van der Waals surface area contributed by atoms with Gasteiger partial charge in [0, 0.05) is 6.42 Å². The van der Waals surface area contributed by atoms with Gasteiger partial charge in [0.15, 0.2) is 0 Å². The number of aliphatic hydroxyl groups excluding tert-OH is 1. The number of allylic oxidation sites excluding steroid dienone is 2. The maximum Gasteiger partial charge on any atom is 0.0821 e. The van der Waals surface area contributed by atoms with Crippen LogP contribution in [0.25, 0.3) is 0 Å². The summed E-state index contributed by atoms with van der Waals surface area (Å²) in [6, 6.07) is 0. The van der Waals surface area contributed by atoms with Gasteiger partial charge in [-0.25, -0.2) is 0 Å². The second-order valence-electron chi connectivity index (χ2n) is 2.26. The van der Waals surface area contributed by atoms with Crippen molar-refractivity contribution in [3.8, 4) is 0 Å². The first-order valence-electron chi connectivity index (χ1n) is 3.35. The summed E-state index contributed by atoms with van der Waals surface area (Å²) in [4.78, 5) is 0. The Morgan fingerprint density at radius 2 is 2.50 bits per heavy atom. The van der Waals surface area contributed by atoms with Crippen molar-refractivity contribution in [2.75, 3.05) is 0 Å². The summed E-state index contributed by atoms with van der Waals surface area (Å²) in [5.74, 6) is 0. The highest BCUT2D eigenvalue weighted by molar-refractivity contribution is 5.36. The zero-order valence-corrected chi connectivity index (χ0v) is 5.83. The average molecular weight is 135 g/mol. The van der Waals surface area contributed by atoms with Gasteiger partial charge < -0.3 is 5.11 Å². The van der Waals surface area contributed by atoms with Crippen molar-refractivity contribution in [1.29, 1.82) is 0 Å². The largest absolute Gasteiger partial charge is 0.388 e. The molecule has 0 aliphatic heterocycles. The van der Waals surface area contributed by atoms with Crippen LogP contribution in [0.2, 0.25) is 0 Å². The SMILES string of the molecule is C=CCC(O)C1=C[CH]C=C1. The number of hydrogen-bond acceptors (Lipinski definition) is 1. The van der Waals surface area contributed by atoms with E-state index < -0.39 is 0 Å². The lowest BCUT2D eigenvalue weighted by Gasteiger charge is -2.05. The van der Waals surface area contributed by atoms with Crippen molar-refractivity contribution in [2.24, 2.45) is 0 Å². The van der Waals surface area contributed by atoms with Gasteiger partial charge in [0.1, 0.15) is 0 Å². The Morgan fingerprint density at radius 3 is 3.00 bits per heavy atom. The summed E-state index contributed by atoms with van der Waals surface area (Å²) in [7, 11) is 0. The van der Waals surface area contributed by atoms with Crippen LogP contribution in [0.15, 0.2) is 36.5 Å². The molecule has 0 aromatic heterocycles. The summed E-state index contributed by atoms with van der Waals surface area (Å²) >= 11 is 0. The summed E-state index contributed by atoms with van der Waals surface area (Å²) in [5.41, 5.74) is 0.972. The fourth-order valence-corrected chi connectivity index (χ4v) is 0.905. The van der Waals surface area contributed by atoms with E-state index in [1.54, 1.807) is 6.08 Å². The van der Waals surface area contributed by atoms with Crippen molar-refractivity contribution in [3.63, 3.8) is 0 Å². The quantitative estimate of drug-likeness (QED) is 0.583. The molecule has 10 heavy (non-hydrogen) atoms. The van der Waals surface area contributed by atoms with Gasteiger partial charge in [0.2, 0.25) is 0 Å². The van der Waals surface area contributed by atoms with Crippen LogP contribution in [0.1, 0.15) is 6.42 Å². The van der Waals surface area contributed by atoms with E-state index in [4.69, 9.17) is 0 Å². The second-order valence-corrected chi connectivity index (χ2v) is 2.26. The third kappa shape index (κ3) is 1.58. The molecule has 1 atom stereocenters. The highest BCUT2D eigenvalue weighted by Crippen LogP contribution is 2.14. The zero-order chi connectivity index (χ0) is 7.40. The van der Waals surface area contributed by atoms with Crippen molar-refractivity contribution in [3.05, 3.63) is 42.9 Å². The maximum atomic E-state index is 9.34. The Hall–Kier alpha value is -0.820. The van der Waals surface area contributed by atoms with Gasteiger partial charge in [0.05, 0.1) is 6.10 Å². The van der Waals surface area contributed by atoms with E-state index in [0.29, 0.717) is 6.42 Å². The number of rotatable bonds is 3. The molecular formula is C9H11O. The van der Waals surface area contributed by atoms with Crippen molar-refractivity contribution < 1.29 is 5.11 Å². The molecule has 0 heterocycles. The molecular weight excluding hydrogens is 124 g/mol. The molecule has 0 bridgehead atoms. The molecule has 53 valence electrons. The van der Waals surface area contributed by atoms with Crippen LogP contribution < -0.4 is 0 Å². The van der Waals surface area contributed by atoms with Gasteiger partial charge in [-0.2, -0.15) is 0 Å². The summed E-state index contributed by atoms with van der Waals surface area (Å²) < 4.78 is 0. The van der Waals surface area contributed by atoms with Crippen LogP contribution in [0.3, 0.4) is 0 Å². The van der Waals surface area contributed by atoms with E-state index in [9.17, 15) is 5.11 Å². The minimum absolute atomic E-state index is 0.368. The molecule has 1 nitrogen and oxygen atoms in total. The third-order valence-corrected chi connectivity index (χ3v) is 1.46. The summed E-state index contributed by atoms with van der Waals surface area (Å²) in [5, 5.41) is 9.34. The molecule has 0 saturated heterocycles. The minimum atomic E-state index is -0.368. The van der Waals surface area contributed by atoms with Crippen LogP contribution >= 0.6 is 0 Å². The predicted octanol–water partition coefficient (Wildman–Crippen LogP) is 1.62. The van der Waals surface area contributed by atoms with Gasteiger partial charge >= 0.3 is 0 Å². The lowest BCUT2D eigenvalue weighted by Crippen LogP contribution is -2.05. The second kappa shape index (κ2) is 3.37. The van der Waals surface area contributed by atoms with E-state index in [0.717, 1.165) is 5.57 Å². The molecule has 1 N–H and O–H groups in total. The Kier molecular flexibility index (Phi) is 2.46. The molecule has 0 saturated carbocycles. The molecule has 0 aromatic rings. The first kappa shape index (κ1) is 7.29. The first-order valence-corrected chi connectivity index (χ1v) is 3.35. The molecule has 0 spiro atoms. The van der Waals surface area contributed by atoms with Crippen LogP contribution in [0.4, 0.5) is 0 Å². The molecule has 1 aliphatic carbocycles. The highest BCUT2D eigenvalue weighted by atomic mass is 16.3. The van der Waals surface area contributed by atoms with Crippen LogP contribution in [0, 0.1) is 6.42 Å². The Morgan fingerprint density at radius 1 is 1.70 bits per heavy atom. The third-order valence-electron chi connectivity index (χ3n) is 1.46. The van der Waals surface area contributed by atoms with E-state index in [-0.39, 0.29) is 6.10 Å². The van der Waals surface area contributed by atoms with Crippen molar-refractivity contribution in [2.45, 2.75) is 12.5 Å². The highest BCUT2D eigenvalue weighted by Gasteiger charge is 2.07. The molecule has 1 radical (unpaired) electrons. The standard InChI is InChI=1S/C9H11O/c1-2-5-9(10)8-6-3-4-7-8/h2-4,6-7,9-10H,1,5H2. The van der Waals surface area contributed by atoms with Gasteiger partial charge in [0.25, 0.3) is 0 Å². The minimum Gasteiger partial charge on any atom is -0.388 e. The Labute approximate surface area is 61.4 Å². The van der Waals surface area contributed by atoms with E-state index in [1.807, 2.05) is 24.6 Å². The van der Waals surface area contributed by atoms with E-state index in [2.05, 4.69) is 6.58 Å². The Bertz CT molecular complexity index is 177. The van der Waals surface area contributed by atoms with Crippen LogP contribution in [0.5, 0.6) is 0 Å². The number of hydrogen-bond donors (Lipinski definition) is 1. The Balaban J connectivity index is 2.47. The smallest absolute Gasteiger partial charge is 0.0821 e. The van der Waals surface area contributed by atoms with Gasteiger partial charge in [-0.15, -0.1) is 6.58 Å². The van der Waals surface area contributed by atoms with Gasteiger partial charge in [-0.1, -0.05) is 24.3 Å². The topological polar surface area (TPSA) is 20.2 Å². The molecule has 1 rings (SSSR count).